The number of benzene rings is 2. The zero-order valence-corrected chi connectivity index (χ0v) is 18.5. The third-order valence-corrected chi connectivity index (χ3v) is 5.97. The molecule has 1 aliphatic rings. The summed E-state index contributed by atoms with van der Waals surface area (Å²) in [7, 11) is 1.48. The second-order valence-electron chi connectivity index (χ2n) is 8.50. The first-order chi connectivity index (χ1) is 15.9. The van der Waals surface area contributed by atoms with Crippen LogP contribution < -0.4 is 0 Å². The summed E-state index contributed by atoms with van der Waals surface area (Å²) in [6, 6.07) is 9.78. The fraction of sp³-hybridized carbons (Fsp3) is 0.458. The minimum Gasteiger partial charge on any atom is -0.393 e. The average Bonchev–Trinajstić information content (AvgIpc) is 2.78. The molecular weight excluding hydrogens is 462 g/mol. The molecule has 1 unspecified atom stereocenters. The number of hydrogen-bond donors (Lipinski definition) is 1. The van der Waals surface area contributed by atoms with Gasteiger partial charge < -0.3 is 10.0 Å². The number of piperidine rings is 1. The van der Waals surface area contributed by atoms with Crippen molar-refractivity contribution in [2.45, 2.75) is 43.8 Å². The minimum atomic E-state index is -4.92. The topological polar surface area (TPSA) is 43.8 Å². The van der Waals surface area contributed by atoms with Crippen molar-refractivity contribution in [2.75, 3.05) is 26.7 Å². The third-order valence-electron chi connectivity index (χ3n) is 5.97. The maximum atomic E-state index is 13.4. The highest BCUT2D eigenvalue weighted by Gasteiger charge is 2.37. The second kappa shape index (κ2) is 10.4. The molecule has 1 amide bonds. The predicted molar refractivity (Wildman–Crippen MR) is 114 cm³/mol. The van der Waals surface area contributed by atoms with Crippen LogP contribution in [-0.2, 0) is 23.6 Å². The summed E-state index contributed by atoms with van der Waals surface area (Å²) in [5, 5.41) is 9.81. The average molecular weight is 488 g/mol. The number of carbonyl (C=O) groups excluding carboxylic acids is 1. The third kappa shape index (κ3) is 6.50. The number of carbonyl (C=O) groups is 1. The largest absolute Gasteiger partial charge is 0.416 e. The molecule has 0 radical (unpaired) electrons. The highest BCUT2D eigenvalue weighted by atomic mass is 19.4. The first-order valence-electron chi connectivity index (χ1n) is 10.9. The fourth-order valence-electron chi connectivity index (χ4n) is 4.07. The molecule has 3 rings (SSSR count). The Bertz CT molecular complexity index is 937. The monoisotopic (exact) mass is 488 g/mol. The van der Waals surface area contributed by atoms with Crippen LogP contribution in [0.1, 0.15) is 41.1 Å². The van der Waals surface area contributed by atoms with Crippen LogP contribution in [0.5, 0.6) is 0 Å². The number of rotatable bonds is 6. The van der Waals surface area contributed by atoms with Crippen molar-refractivity contribution in [3.05, 3.63) is 70.8 Å². The van der Waals surface area contributed by atoms with Crippen molar-refractivity contribution >= 4 is 5.91 Å². The van der Waals surface area contributed by atoms with Crippen molar-refractivity contribution in [1.82, 2.24) is 9.80 Å². The minimum absolute atomic E-state index is 0.0583. The Morgan fingerprint density at radius 3 is 2.03 bits per heavy atom. The number of halogens is 6. The van der Waals surface area contributed by atoms with Gasteiger partial charge in [-0.05, 0) is 48.6 Å². The highest BCUT2D eigenvalue weighted by Crippen LogP contribution is 2.36. The molecule has 1 fully saturated rings. The standard InChI is InChI=1S/C24H26F6N2O2/c1-31(10-7-16-13-18(23(25,26)27)15-19(14-16)24(28,29)30)22(34)21(17-5-3-2-4-6-17)32-11-8-20(33)9-12-32/h2-6,13-15,20-21,33H,7-12H2,1H3. The molecule has 10 heteroatoms. The Hall–Kier alpha value is -2.59. The van der Waals surface area contributed by atoms with Crippen molar-refractivity contribution in [2.24, 2.45) is 0 Å². The van der Waals surface area contributed by atoms with Gasteiger partial charge in [0, 0.05) is 26.7 Å². The van der Waals surface area contributed by atoms with Gasteiger partial charge in [0.25, 0.3) is 0 Å². The van der Waals surface area contributed by atoms with Gasteiger partial charge in [0.2, 0.25) is 5.91 Å². The number of nitrogens with zero attached hydrogens (tertiary/aromatic N) is 2. The maximum absolute atomic E-state index is 13.4. The van der Waals surface area contributed by atoms with Gasteiger partial charge >= 0.3 is 12.4 Å². The lowest BCUT2D eigenvalue weighted by molar-refractivity contribution is -0.143. The van der Waals surface area contributed by atoms with Gasteiger partial charge in [-0.3, -0.25) is 9.69 Å². The Morgan fingerprint density at radius 1 is 1.00 bits per heavy atom. The van der Waals surface area contributed by atoms with Gasteiger partial charge in [-0.1, -0.05) is 30.3 Å². The summed E-state index contributed by atoms with van der Waals surface area (Å²) >= 11 is 0. The van der Waals surface area contributed by atoms with Gasteiger partial charge in [0.05, 0.1) is 17.2 Å². The van der Waals surface area contributed by atoms with E-state index >= 15 is 0 Å². The lowest BCUT2D eigenvalue weighted by Gasteiger charge is -2.37. The summed E-state index contributed by atoms with van der Waals surface area (Å²) in [5.41, 5.74) is -2.17. The van der Waals surface area contributed by atoms with Crippen LogP contribution in [0.15, 0.2) is 48.5 Å². The van der Waals surface area contributed by atoms with Gasteiger partial charge in [-0.2, -0.15) is 26.3 Å². The van der Waals surface area contributed by atoms with Crippen LogP contribution in [0, 0.1) is 0 Å². The SMILES string of the molecule is CN(CCc1cc(C(F)(F)F)cc(C(F)(F)F)c1)C(=O)C(c1ccccc1)N1CCC(O)CC1. The van der Waals surface area contributed by atoms with E-state index < -0.39 is 35.6 Å². The van der Waals surface area contributed by atoms with Gasteiger partial charge in [-0.15, -0.1) is 0 Å². The van der Waals surface area contributed by atoms with Crippen LogP contribution in [0.2, 0.25) is 0 Å². The van der Waals surface area contributed by atoms with Gasteiger partial charge in [0.1, 0.15) is 6.04 Å². The second-order valence-corrected chi connectivity index (χ2v) is 8.50. The fourth-order valence-corrected chi connectivity index (χ4v) is 4.07. The van der Waals surface area contributed by atoms with E-state index in [2.05, 4.69) is 0 Å². The van der Waals surface area contributed by atoms with Crippen molar-refractivity contribution in [3.8, 4) is 0 Å². The molecule has 4 nitrogen and oxygen atoms in total. The summed E-state index contributed by atoms with van der Waals surface area (Å²) in [4.78, 5) is 16.6. The van der Waals surface area contributed by atoms with E-state index in [4.69, 9.17) is 0 Å². The van der Waals surface area contributed by atoms with Crippen LogP contribution in [-0.4, -0.2) is 53.6 Å². The van der Waals surface area contributed by atoms with E-state index in [1.54, 1.807) is 30.3 Å². The number of aliphatic hydroxyl groups is 1. The van der Waals surface area contributed by atoms with Crippen LogP contribution in [0.3, 0.4) is 0 Å². The molecule has 1 aliphatic heterocycles. The number of amides is 1. The molecule has 0 aromatic heterocycles. The molecule has 34 heavy (non-hydrogen) atoms. The quantitative estimate of drug-likeness (QED) is 0.587. The van der Waals surface area contributed by atoms with Crippen LogP contribution in [0.25, 0.3) is 0 Å². The first-order valence-corrected chi connectivity index (χ1v) is 10.9. The number of likely N-dealkylation sites (N-methyl/N-ethyl adjacent to an activating group) is 1. The van der Waals surface area contributed by atoms with Crippen molar-refractivity contribution < 1.29 is 36.2 Å². The number of likely N-dealkylation sites (tertiary alicyclic amines) is 1. The molecule has 2 aromatic rings. The predicted octanol–water partition coefficient (Wildman–Crippen LogP) is 4.92. The number of alkyl halides is 6. The number of aliphatic hydroxyl groups excluding tert-OH is 1. The van der Waals surface area contributed by atoms with E-state index in [1.807, 2.05) is 4.90 Å². The first kappa shape index (κ1) is 26.0. The van der Waals surface area contributed by atoms with E-state index in [0.29, 0.717) is 38.1 Å². The molecular formula is C24H26F6N2O2. The van der Waals surface area contributed by atoms with Gasteiger partial charge in [-0.25, -0.2) is 0 Å². The molecule has 1 saturated heterocycles. The summed E-state index contributed by atoms with van der Waals surface area (Å²) in [6.07, 6.45) is -9.45. The van der Waals surface area contributed by atoms with E-state index in [9.17, 15) is 36.2 Å². The van der Waals surface area contributed by atoms with Crippen LogP contribution in [0.4, 0.5) is 26.3 Å². The molecule has 1 heterocycles. The Kier molecular flexibility index (Phi) is 7.92. The van der Waals surface area contributed by atoms with E-state index in [1.165, 1.54) is 11.9 Å². The maximum Gasteiger partial charge on any atom is 0.416 e. The summed E-state index contributed by atoms with van der Waals surface area (Å²) < 4.78 is 78.8. The Labute approximate surface area is 193 Å². The van der Waals surface area contributed by atoms with Crippen molar-refractivity contribution in [3.63, 3.8) is 0 Å². The normalized spacial score (nSPS) is 16.9. The zero-order chi connectivity index (χ0) is 25.1. The Morgan fingerprint density at radius 2 is 1.53 bits per heavy atom. The zero-order valence-electron chi connectivity index (χ0n) is 18.5. The Balaban J connectivity index is 1.79. The summed E-state index contributed by atoms with van der Waals surface area (Å²) in [5.74, 6) is -0.314. The molecule has 186 valence electrons. The van der Waals surface area contributed by atoms with E-state index in [0.717, 1.165) is 5.56 Å². The molecule has 0 saturated carbocycles. The highest BCUT2D eigenvalue weighted by molar-refractivity contribution is 5.83. The molecule has 2 aromatic carbocycles. The van der Waals surface area contributed by atoms with E-state index in [-0.39, 0.29) is 30.5 Å². The lowest BCUT2D eigenvalue weighted by Crippen LogP contribution is -2.46. The lowest BCUT2D eigenvalue weighted by atomic mass is 9.99. The van der Waals surface area contributed by atoms with Crippen LogP contribution >= 0.6 is 0 Å². The van der Waals surface area contributed by atoms with Gasteiger partial charge in [0.15, 0.2) is 0 Å². The molecule has 0 spiro atoms. The molecule has 1 N–H and O–H groups in total. The summed E-state index contributed by atoms with van der Waals surface area (Å²) in [6.45, 7) is 0.920. The smallest absolute Gasteiger partial charge is 0.393 e. The van der Waals surface area contributed by atoms with Crippen molar-refractivity contribution in [1.29, 1.82) is 0 Å². The molecule has 1 atom stereocenters. The molecule has 0 aliphatic carbocycles. The number of hydrogen-bond acceptors (Lipinski definition) is 3. The molecule has 0 bridgehead atoms.